The molecule has 1 atom stereocenters. The van der Waals surface area contributed by atoms with Crippen molar-refractivity contribution in [3.63, 3.8) is 0 Å². The molecule has 0 saturated carbocycles. The van der Waals surface area contributed by atoms with E-state index < -0.39 is 5.91 Å². The van der Waals surface area contributed by atoms with Crippen molar-refractivity contribution in [2.45, 2.75) is 73.1 Å². The molecule has 1 amide bonds. The molecule has 6 nitrogen and oxygen atoms in total. The Morgan fingerprint density at radius 3 is 2.36 bits per heavy atom. The molecule has 1 aromatic carbocycles. The summed E-state index contributed by atoms with van der Waals surface area (Å²) in [5, 5.41) is 0. The fourth-order valence-corrected chi connectivity index (χ4v) is 3.33. The van der Waals surface area contributed by atoms with E-state index in [1.165, 1.54) is 18.4 Å². The van der Waals surface area contributed by atoms with E-state index in [4.69, 9.17) is 10.5 Å². The summed E-state index contributed by atoms with van der Waals surface area (Å²) in [6.45, 7) is 11.3. The fraction of sp³-hybridized carbons (Fsp3) is 0.593. The minimum absolute atomic E-state index is 0.403. The largest absolute Gasteiger partial charge is 0.491 e. The number of para-hydroxylation sites is 2. The Morgan fingerprint density at radius 2 is 1.85 bits per heavy atom. The maximum atomic E-state index is 11.2. The highest BCUT2D eigenvalue weighted by Gasteiger charge is 2.10. The van der Waals surface area contributed by atoms with E-state index in [9.17, 15) is 9.59 Å². The second-order valence-corrected chi connectivity index (χ2v) is 8.78. The number of aldehydes is 1. The maximum Gasteiger partial charge on any atom is 0.263 e. The Morgan fingerprint density at radius 1 is 1.18 bits per heavy atom. The van der Waals surface area contributed by atoms with Gasteiger partial charge in [0.15, 0.2) is 0 Å². The van der Waals surface area contributed by atoms with Crippen LogP contribution < -0.4 is 15.4 Å². The number of amides is 1. The van der Waals surface area contributed by atoms with Crippen LogP contribution in [0.2, 0.25) is 0 Å². The van der Waals surface area contributed by atoms with Crippen molar-refractivity contribution in [2.75, 3.05) is 25.6 Å². The number of primary amides is 1. The van der Waals surface area contributed by atoms with Crippen LogP contribution in [0, 0.1) is 11.8 Å². The first-order valence-electron chi connectivity index (χ1n) is 12.0. The number of carbonyl (C=O) groups is 2. The quantitative estimate of drug-likeness (QED) is 0.216. The summed E-state index contributed by atoms with van der Waals surface area (Å²) in [6, 6.07) is 7.77. The summed E-state index contributed by atoms with van der Waals surface area (Å²) in [5.41, 5.74) is 8.02. The lowest BCUT2D eigenvalue weighted by Gasteiger charge is -2.18. The van der Waals surface area contributed by atoms with Crippen molar-refractivity contribution in [2.24, 2.45) is 22.6 Å². The summed E-state index contributed by atoms with van der Waals surface area (Å²) >= 11 is 0. The molecule has 2 N–H and O–H groups in total. The number of allylic oxidation sites excluding steroid dienone is 1. The van der Waals surface area contributed by atoms with Crippen molar-refractivity contribution in [1.82, 2.24) is 0 Å². The lowest BCUT2D eigenvalue weighted by molar-refractivity contribution is -0.112. The third-order valence-electron chi connectivity index (χ3n) is 5.43. The molecule has 0 aliphatic rings. The minimum Gasteiger partial charge on any atom is -0.491 e. The number of hydrogen-bond acceptors (Lipinski definition) is 5. The molecule has 1 rings (SSSR count). The van der Waals surface area contributed by atoms with E-state index in [0.717, 1.165) is 42.4 Å². The second kappa shape index (κ2) is 17.9. The van der Waals surface area contributed by atoms with Crippen LogP contribution in [0.4, 0.5) is 5.69 Å². The first-order chi connectivity index (χ1) is 15.7. The third kappa shape index (κ3) is 13.5. The second-order valence-electron chi connectivity index (χ2n) is 8.78. The van der Waals surface area contributed by atoms with Crippen LogP contribution in [0.1, 0.15) is 73.1 Å². The van der Waals surface area contributed by atoms with Gasteiger partial charge in [-0.25, -0.2) is 0 Å². The van der Waals surface area contributed by atoms with Crippen molar-refractivity contribution >= 4 is 23.6 Å². The predicted octanol–water partition coefficient (Wildman–Crippen LogP) is 5.80. The molecule has 0 aromatic heterocycles. The minimum atomic E-state index is -0.403. The Bertz CT molecular complexity index is 755. The van der Waals surface area contributed by atoms with Crippen LogP contribution in [0.25, 0.3) is 0 Å². The lowest BCUT2D eigenvalue weighted by atomic mass is 9.88. The first kappa shape index (κ1) is 30.4. The molecule has 1 aromatic rings. The average Bonchev–Trinajstić information content (AvgIpc) is 2.77. The highest BCUT2D eigenvalue weighted by molar-refractivity contribution is 6.38. The van der Waals surface area contributed by atoms with E-state index >= 15 is 0 Å². The smallest absolute Gasteiger partial charge is 0.263 e. The molecule has 186 valence electrons. The molecule has 33 heavy (non-hydrogen) atoms. The maximum absolute atomic E-state index is 11.2. The van der Waals surface area contributed by atoms with Crippen LogP contribution >= 0.6 is 0 Å². The number of anilines is 1. The summed E-state index contributed by atoms with van der Waals surface area (Å²) in [4.78, 5) is 27.5. The Hall–Kier alpha value is -2.63. The molecule has 0 saturated heterocycles. The van der Waals surface area contributed by atoms with Crippen LogP contribution in [0.5, 0.6) is 5.75 Å². The van der Waals surface area contributed by atoms with E-state index in [1.807, 2.05) is 56.4 Å². The fourth-order valence-electron chi connectivity index (χ4n) is 3.33. The summed E-state index contributed by atoms with van der Waals surface area (Å²) in [7, 11) is 3.92. The SMILES string of the molecule is CCCC(=N/C=C(\C)CCC(CC)C(C)C)C(N)=O.CN(C)c1ccccc1OCCC=O. The lowest BCUT2D eigenvalue weighted by Crippen LogP contribution is -2.22. The third-order valence-corrected chi connectivity index (χ3v) is 5.43. The molecule has 1 unspecified atom stereocenters. The van der Waals surface area contributed by atoms with Crippen molar-refractivity contribution < 1.29 is 14.3 Å². The zero-order valence-electron chi connectivity index (χ0n) is 21.8. The van der Waals surface area contributed by atoms with Gasteiger partial charge in [0.05, 0.1) is 12.3 Å². The van der Waals surface area contributed by atoms with Gasteiger partial charge in [0, 0.05) is 26.7 Å². The van der Waals surface area contributed by atoms with Gasteiger partial charge >= 0.3 is 0 Å². The van der Waals surface area contributed by atoms with Gasteiger partial charge in [-0.1, -0.05) is 58.2 Å². The molecule has 0 aliphatic carbocycles. The first-order valence-corrected chi connectivity index (χ1v) is 12.0. The molecule has 0 radical (unpaired) electrons. The number of nitrogens with two attached hydrogens (primary N) is 1. The van der Waals surface area contributed by atoms with Crippen LogP contribution in [0.15, 0.2) is 41.0 Å². The standard InChI is InChI=1S/C16H30N2O.C11H15NO2/c1-6-8-15(16(17)19)18-11-13(5)9-10-14(7-2)12(3)4;1-12(2)10-6-3-4-7-11(10)14-9-5-8-13/h11-12,14H,6-10H2,1-5H3,(H2,17,19);3-4,6-8H,5,9H2,1-2H3/b13-11+,18-15?;. The molecule has 0 bridgehead atoms. The summed E-state index contributed by atoms with van der Waals surface area (Å²) in [5.74, 6) is 1.90. The molecule has 0 fully saturated rings. The molecule has 0 heterocycles. The number of nitrogens with zero attached hydrogens (tertiary/aromatic N) is 2. The predicted molar refractivity (Wildman–Crippen MR) is 140 cm³/mol. The van der Waals surface area contributed by atoms with Gasteiger partial charge in [0.1, 0.15) is 17.7 Å². The van der Waals surface area contributed by atoms with Crippen LogP contribution in [-0.2, 0) is 9.59 Å². The number of carbonyl (C=O) groups excluding carboxylic acids is 2. The zero-order chi connectivity index (χ0) is 25.2. The molecular formula is C27H45N3O3. The zero-order valence-corrected chi connectivity index (χ0v) is 21.8. The van der Waals surface area contributed by atoms with E-state index in [-0.39, 0.29) is 0 Å². The van der Waals surface area contributed by atoms with E-state index in [0.29, 0.717) is 25.2 Å². The van der Waals surface area contributed by atoms with Crippen molar-refractivity contribution in [3.8, 4) is 5.75 Å². The van der Waals surface area contributed by atoms with E-state index in [1.54, 1.807) is 0 Å². The summed E-state index contributed by atoms with van der Waals surface area (Å²) in [6.07, 6.45) is 8.09. The van der Waals surface area contributed by atoms with Crippen molar-refractivity contribution in [1.29, 1.82) is 0 Å². The van der Waals surface area contributed by atoms with Gasteiger partial charge in [-0.15, -0.1) is 0 Å². The highest BCUT2D eigenvalue weighted by Crippen LogP contribution is 2.26. The monoisotopic (exact) mass is 459 g/mol. The van der Waals surface area contributed by atoms with Gasteiger partial charge in [-0.2, -0.15) is 0 Å². The van der Waals surface area contributed by atoms with Gasteiger partial charge < -0.3 is 20.2 Å². The van der Waals surface area contributed by atoms with Gasteiger partial charge in [0.2, 0.25) is 0 Å². The number of rotatable bonds is 14. The Balaban J connectivity index is 0.000000647. The average molecular weight is 460 g/mol. The van der Waals surface area contributed by atoms with E-state index in [2.05, 4.69) is 32.7 Å². The van der Waals surface area contributed by atoms with Gasteiger partial charge in [-0.05, 0) is 50.2 Å². The Kier molecular flexibility index (Phi) is 16.4. The molecular weight excluding hydrogens is 414 g/mol. The van der Waals surface area contributed by atoms with Gasteiger partial charge in [-0.3, -0.25) is 9.79 Å². The van der Waals surface area contributed by atoms with Crippen molar-refractivity contribution in [3.05, 3.63) is 36.0 Å². The summed E-state index contributed by atoms with van der Waals surface area (Å²) < 4.78 is 5.47. The van der Waals surface area contributed by atoms with Crippen LogP contribution in [0.3, 0.4) is 0 Å². The van der Waals surface area contributed by atoms with Gasteiger partial charge in [0.25, 0.3) is 5.91 Å². The van der Waals surface area contributed by atoms with Crippen LogP contribution in [-0.4, -0.2) is 38.6 Å². The normalized spacial score (nSPS) is 12.6. The number of hydrogen-bond donors (Lipinski definition) is 1. The topological polar surface area (TPSA) is 85.0 Å². The molecule has 0 aliphatic heterocycles. The number of benzene rings is 1. The number of aliphatic imine (C=N–C) groups is 1. The number of ether oxygens (including phenoxy) is 1. The Labute approximate surface area is 201 Å². The molecule has 6 heteroatoms. The molecule has 0 spiro atoms. The highest BCUT2D eigenvalue weighted by atomic mass is 16.5.